The van der Waals surface area contributed by atoms with Crippen LogP contribution in [-0.2, 0) is 15.4 Å². The molecule has 0 heterocycles. The predicted octanol–water partition coefficient (Wildman–Crippen LogP) is 3.63. The van der Waals surface area contributed by atoms with Gasteiger partial charge in [0, 0.05) is 5.88 Å². The highest BCUT2D eigenvalue weighted by Gasteiger charge is 2.21. The highest BCUT2D eigenvalue weighted by Crippen LogP contribution is 2.30. The predicted molar refractivity (Wildman–Crippen MR) is 74.3 cm³/mol. The van der Waals surface area contributed by atoms with Crippen molar-refractivity contribution in [3.05, 3.63) is 34.9 Å². The van der Waals surface area contributed by atoms with E-state index in [2.05, 4.69) is 15.9 Å². The third kappa shape index (κ3) is 3.33. The Morgan fingerprint density at radius 3 is 2.61 bits per heavy atom. The maximum atomic E-state index is 11.8. The fraction of sp³-hybridized carbons (Fsp3) is 0.385. The van der Waals surface area contributed by atoms with Crippen LogP contribution >= 0.6 is 27.5 Å². The third-order valence-corrected chi connectivity index (χ3v) is 3.88. The summed E-state index contributed by atoms with van der Waals surface area (Å²) in [5.74, 6) is -0.305. The molecule has 0 radical (unpaired) electrons. The molecule has 0 N–H and O–H groups in total. The van der Waals surface area contributed by atoms with Crippen molar-refractivity contribution >= 4 is 39.3 Å². The highest BCUT2D eigenvalue weighted by atomic mass is 79.9. The summed E-state index contributed by atoms with van der Waals surface area (Å²) in [5, 5.41) is 0. The van der Waals surface area contributed by atoms with Crippen molar-refractivity contribution in [2.75, 3.05) is 6.61 Å². The number of esters is 1. The second kappa shape index (κ2) is 6.90. The summed E-state index contributed by atoms with van der Waals surface area (Å²) >= 11 is 9.19. The molecule has 3 nitrogen and oxygen atoms in total. The number of alkyl halides is 2. The van der Waals surface area contributed by atoms with Crippen LogP contribution in [0, 0.1) is 0 Å². The lowest BCUT2D eigenvalue weighted by atomic mass is 9.98. The SMILES string of the molecule is CCOC(=O)c1cccc(C(Br)C(C)=O)c1CCl. The number of carbonyl (C=O) groups excluding carboxylic acids is 2. The summed E-state index contributed by atoms with van der Waals surface area (Å²) < 4.78 is 4.97. The zero-order valence-electron chi connectivity index (χ0n) is 10.2. The van der Waals surface area contributed by atoms with Gasteiger partial charge in [0.2, 0.25) is 0 Å². The van der Waals surface area contributed by atoms with Crippen LogP contribution in [0.1, 0.15) is 40.2 Å². The Morgan fingerprint density at radius 1 is 1.44 bits per heavy atom. The number of rotatable bonds is 5. The van der Waals surface area contributed by atoms with Gasteiger partial charge in [0.15, 0.2) is 0 Å². The smallest absolute Gasteiger partial charge is 0.338 e. The first kappa shape index (κ1) is 15.2. The Balaban J connectivity index is 3.26. The Morgan fingerprint density at radius 2 is 2.11 bits per heavy atom. The van der Waals surface area contributed by atoms with Crippen LogP contribution in [0.5, 0.6) is 0 Å². The van der Waals surface area contributed by atoms with Gasteiger partial charge in [-0.1, -0.05) is 28.1 Å². The number of halogens is 2. The molecule has 0 bridgehead atoms. The van der Waals surface area contributed by atoms with Crippen molar-refractivity contribution in [2.24, 2.45) is 0 Å². The van der Waals surface area contributed by atoms with Crippen molar-refractivity contribution in [2.45, 2.75) is 24.6 Å². The van der Waals surface area contributed by atoms with E-state index in [0.29, 0.717) is 23.3 Å². The standard InChI is InChI=1S/C13H14BrClO3/c1-3-18-13(17)10-6-4-5-9(11(10)7-15)12(14)8(2)16/h4-6,12H,3,7H2,1-2H3. The fourth-order valence-corrected chi connectivity index (χ4v) is 2.34. The zero-order chi connectivity index (χ0) is 13.7. The maximum Gasteiger partial charge on any atom is 0.338 e. The number of Topliss-reactive ketones (excluding diaryl/α,β-unsaturated/α-hetero) is 1. The summed E-state index contributed by atoms with van der Waals surface area (Å²) in [4.78, 5) is 22.7. The second-order valence-electron chi connectivity index (χ2n) is 3.70. The normalized spacial score (nSPS) is 12.0. The summed E-state index contributed by atoms with van der Waals surface area (Å²) in [6.07, 6.45) is 0. The lowest BCUT2D eigenvalue weighted by molar-refractivity contribution is -0.116. The number of ketones is 1. The molecule has 1 atom stereocenters. The van der Waals surface area contributed by atoms with Crippen LogP contribution in [0.3, 0.4) is 0 Å². The molecular weight excluding hydrogens is 319 g/mol. The molecule has 0 fully saturated rings. The van der Waals surface area contributed by atoms with E-state index in [4.69, 9.17) is 16.3 Å². The van der Waals surface area contributed by atoms with Crippen LogP contribution in [0.4, 0.5) is 0 Å². The van der Waals surface area contributed by atoms with E-state index >= 15 is 0 Å². The summed E-state index contributed by atoms with van der Waals surface area (Å²) in [6.45, 7) is 3.52. The van der Waals surface area contributed by atoms with Gasteiger partial charge in [-0.2, -0.15) is 0 Å². The Bertz CT molecular complexity index is 460. The average molecular weight is 334 g/mol. The molecule has 18 heavy (non-hydrogen) atoms. The van der Waals surface area contributed by atoms with E-state index in [1.807, 2.05) is 0 Å². The molecule has 98 valence electrons. The van der Waals surface area contributed by atoms with Crippen molar-refractivity contribution in [1.29, 1.82) is 0 Å². The van der Waals surface area contributed by atoms with E-state index in [0.717, 1.165) is 0 Å². The minimum atomic E-state index is -0.458. The van der Waals surface area contributed by atoms with Crippen LogP contribution in [0.25, 0.3) is 0 Å². The lowest BCUT2D eigenvalue weighted by Gasteiger charge is -2.14. The molecule has 0 aromatic heterocycles. The molecule has 0 spiro atoms. The Kier molecular flexibility index (Phi) is 5.82. The van der Waals surface area contributed by atoms with Gasteiger partial charge >= 0.3 is 5.97 Å². The summed E-state index contributed by atoms with van der Waals surface area (Å²) in [7, 11) is 0. The number of carbonyl (C=O) groups is 2. The minimum Gasteiger partial charge on any atom is -0.462 e. The summed E-state index contributed by atoms with van der Waals surface area (Å²) in [5.41, 5.74) is 1.76. The largest absolute Gasteiger partial charge is 0.462 e. The fourth-order valence-electron chi connectivity index (χ4n) is 1.61. The van der Waals surface area contributed by atoms with Crippen LogP contribution in [0.2, 0.25) is 0 Å². The van der Waals surface area contributed by atoms with Gasteiger partial charge in [0.05, 0.1) is 17.0 Å². The lowest BCUT2D eigenvalue weighted by Crippen LogP contribution is -2.12. The van der Waals surface area contributed by atoms with Gasteiger partial charge in [-0.3, -0.25) is 4.79 Å². The molecule has 0 saturated carbocycles. The van der Waals surface area contributed by atoms with Gasteiger partial charge in [-0.25, -0.2) is 4.79 Å². The number of hydrogen-bond acceptors (Lipinski definition) is 3. The van der Waals surface area contributed by atoms with E-state index < -0.39 is 10.8 Å². The van der Waals surface area contributed by atoms with Crippen LogP contribution in [-0.4, -0.2) is 18.4 Å². The third-order valence-electron chi connectivity index (χ3n) is 2.47. The monoisotopic (exact) mass is 332 g/mol. The Labute approximate surface area is 120 Å². The molecule has 5 heteroatoms. The quantitative estimate of drug-likeness (QED) is 0.610. The molecular formula is C13H14BrClO3. The van der Waals surface area contributed by atoms with Crippen LogP contribution in [0.15, 0.2) is 18.2 Å². The van der Waals surface area contributed by atoms with E-state index in [-0.39, 0.29) is 11.7 Å². The van der Waals surface area contributed by atoms with Gasteiger partial charge < -0.3 is 4.74 Å². The van der Waals surface area contributed by atoms with Crippen molar-refractivity contribution < 1.29 is 14.3 Å². The van der Waals surface area contributed by atoms with E-state index in [1.54, 1.807) is 25.1 Å². The first-order valence-corrected chi connectivity index (χ1v) is 6.97. The topological polar surface area (TPSA) is 43.4 Å². The maximum absolute atomic E-state index is 11.8. The summed E-state index contributed by atoms with van der Waals surface area (Å²) in [6, 6.07) is 5.15. The van der Waals surface area contributed by atoms with Gasteiger partial charge in [-0.05, 0) is 31.0 Å². The molecule has 1 aromatic carbocycles. The molecule has 0 amide bonds. The molecule has 0 aliphatic carbocycles. The first-order chi connectivity index (χ1) is 8.52. The molecule has 1 rings (SSSR count). The molecule has 0 saturated heterocycles. The zero-order valence-corrected chi connectivity index (χ0v) is 12.5. The molecule has 0 aliphatic rings. The second-order valence-corrected chi connectivity index (χ2v) is 4.88. The van der Waals surface area contributed by atoms with Crippen molar-refractivity contribution in [3.63, 3.8) is 0 Å². The number of ether oxygens (including phenoxy) is 1. The van der Waals surface area contributed by atoms with Gasteiger partial charge in [-0.15, -0.1) is 11.6 Å². The first-order valence-electron chi connectivity index (χ1n) is 5.52. The van der Waals surface area contributed by atoms with E-state index in [9.17, 15) is 9.59 Å². The van der Waals surface area contributed by atoms with E-state index in [1.165, 1.54) is 6.92 Å². The average Bonchev–Trinajstić information content (AvgIpc) is 2.36. The van der Waals surface area contributed by atoms with Crippen molar-refractivity contribution in [1.82, 2.24) is 0 Å². The highest BCUT2D eigenvalue weighted by molar-refractivity contribution is 9.09. The van der Waals surface area contributed by atoms with Gasteiger partial charge in [0.25, 0.3) is 0 Å². The molecule has 0 aliphatic heterocycles. The minimum absolute atomic E-state index is 0.0395. The Hall–Kier alpha value is -0.870. The van der Waals surface area contributed by atoms with Gasteiger partial charge in [0.1, 0.15) is 5.78 Å². The molecule has 1 aromatic rings. The van der Waals surface area contributed by atoms with Crippen LogP contribution < -0.4 is 0 Å². The number of hydrogen-bond donors (Lipinski definition) is 0. The van der Waals surface area contributed by atoms with Crippen molar-refractivity contribution in [3.8, 4) is 0 Å². The number of benzene rings is 1. The molecule has 1 unspecified atom stereocenters.